The summed E-state index contributed by atoms with van der Waals surface area (Å²) >= 11 is 1.03. The second-order valence-electron chi connectivity index (χ2n) is 5.21. The molecule has 0 saturated carbocycles. The highest BCUT2D eigenvalue weighted by Gasteiger charge is 2.19. The van der Waals surface area contributed by atoms with Gasteiger partial charge in [-0.3, -0.25) is 4.79 Å². The number of carbonyl (C=O) groups excluding carboxylic acids is 1. The van der Waals surface area contributed by atoms with Crippen LogP contribution < -0.4 is 11.1 Å². The van der Waals surface area contributed by atoms with E-state index < -0.39 is 11.1 Å². The standard InChI is InChI=1S/C17H14FN5OS/c1-9-3-4-13(6-14(9)18)22-16(24)10(2)25-17-12(8-20)5-11(7-19)15(21)23-17/h3-6,10H,1-2H3,(H2,21,23)(H,22,24)/t10-/m1/s1. The molecule has 1 heterocycles. The molecule has 0 bridgehead atoms. The van der Waals surface area contributed by atoms with E-state index in [0.717, 1.165) is 11.8 Å². The molecule has 1 aromatic carbocycles. The Bertz CT molecular complexity index is 916. The maximum absolute atomic E-state index is 13.5. The number of halogens is 1. The van der Waals surface area contributed by atoms with Gasteiger partial charge in [0.25, 0.3) is 0 Å². The Morgan fingerprint density at radius 2 is 2.00 bits per heavy atom. The number of nitriles is 2. The lowest BCUT2D eigenvalue weighted by Crippen LogP contribution is -2.22. The largest absolute Gasteiger partial charge is 0.383 e. The maximum atomic E-state index is 13.5. The van der Waals surface area contributed by atoms with Crippen LogP contribution in [0.25, 0.3) is 0 Å². The van der Waals surface area contributed by atoms with Crippen LogP contribution in [0.3, 0.4) is 0 Å². The molecule has 0 saturated heterocycles. The maximum Gasteiger partial charge on any atom is 0.237 e. The average Bonchev–Trinajstić information content (AvgIpc) is 2.58. The van der Waals surface area contributed by atoms with Crippen molar-refractivity contribution in [3.8, 4) is 12.1 Å². The zero-order chi connectivity index (χ0) is 18.6. The molecule has 0 aliphatic heterocycles. The van der Waals surface area contributed by atoms with Gasteiger partial charge in [0.2, 0.25) is 5.91 Å². The minimum atomic E-state index is -0.615. The van der Waals surface area contributed by atoms with Crippen LogP contribution in [-0.4, -0.2) is 16.1 Å². The van der Waals surface area contributed by atoms with E-state index in [-0.39, 0.29) is 27.9 Å². The van der Waals surface area contributed by atoms with Crippen molar-refractivity contribution < 1.29 is 9.18 Å². The minimum Gasteiger partial charge on any atom is -0.383 e. The van der Waals surface area contributed by atoms with Crippen molar-refractivity contribution in [2.45, 2.75) is 24.1 Å². The van der Waals surface area contributed by atoms with E-state index in [1.54, 1.807) is 26.0 Å². The molecule has 0 aliphatic rings. The van der Waals surface area contributed by atoms with Crippen molar-refractivity contribution in [1.82, 2.24) is 4.98 Å². The Labute approximate surface area is 148 Å². The van der Waals surface area contributed by atoms with Gasteiger partial charge in [0, 0.05) is 5.69 Å². The van der Waals surface area contributed by atoms with Gasteiger partial charge >= 0.3 is 0 Å². The van der Waals surface area contributed by atoms with E-state index in [1.165, 1.54) is 12.1 Å². The molecule has 126 valence electrons. The van der Waals surface area contributed by atoms with Crippen molar-refractivity contribution in [3.05, 3.63) is 46.8 Å². The van der Waals surface area contributed by atoms with E-state index in [0.29, 0.717) is 11.3 Å². The van der Waals surface area contributed by atoms with Crippen LogP contribution >= 0.6 is 11.8 Å². The summed E-state index contributed by atoms with van der Waals surface area (Å²) in [5, 5.41) is 20.4. The summed E-state index contributed by atoms with van der Waals surface area (Å²) in [5.74, 6) is -0.787. The summed E-state index contributed by atoms with van der Waals surface area (Å²) in [5.41, 5.74) is 6.76. The van der Waals surface area contributed by atoms with Gasteiger partial charge in [0.15, 0.2) is 0 Å². The summed E-state index contributed by atoms with van der Waals surface area (Å²) in [4.78, 5) is 16.3. The van der Waals surface area contributed by atoms with Crippen LogP contribution in [0.4, 0.5) is 15.9 Å². The van der Waals surface area contributed by atoms with E-state index in [4.69, 9.17) is 11.0 Å². The van der Waals surface area contributed by atoms with Gasteiger partial charge in [0.05, 0.1) is 16.4 Å². The highest BCUT2D eigenvalue weighted by molar-refractivity contribution is 8.00. The SMILES string of the molecule is Cc1ccc(NC(=O)[C@@H](C)Sc2nc(N)c(C#N)cc2C#N)cc1F. The Kier molecular flexibility index (Phi) is 5.58. The molecule has 0 unspecified atom stereocenters. The first-order valence-corrected chi connectivity index (χ1v) is 8.08. The van der Waals surface area contributed by atoms with Gasteiger partial charge < -0.3 is 11.1 Å². The number of nitrogens with two attached hydrogens (primary N) is 1. The van der Waals surface area contributed by atoms with Crippen LogP contribution in [0.5, 0.6) is 0 Å². The fourth-order valence-corrected chi connectivity index (χ4v) is 2.79. The molecule has 2 aromatic rings. The highest BCUT2D eigenvalue weighted by atomic mass is 32.2. The van der Waals surface area contributed by atoms with Gasteiger partial charge in [-0.25, -0.2) is 9.37 Å². The Morgan fingerprint density at radius 1 is 1.32 bits per heavy atom. The molecule has 25 heavy (non-hydrogen) atoms. The predicted octanol–water partition coefficient (Wildman–Crippen LogP) is 2.97. The molecule has 6 nitrogen and oxygen atoms in total. The number of nitrogen functional groups attached to an aromatic ring is 1. The fraction of sp³-hybridized carbons (Fsp3) is 0.176. The van der Waals surface area contributed by atoms with Crippen molar-refractivity contribution >= 4 is 29.2 Å². The van der Waals surface area contributed by atoms with Crippen molar-refractivity contribution in [2.24, 2.45) is 0 Å². The van der Waals surface area contributed by atoms with E-state index in [9.17, 15) is 14.4 Å². The molecular formula is C17H14FN5OS. The third-order valence-corrected chi connectivity index (χ3v) is 4.46. The molecule has 2 rings (SSSR count). The van der Waals surface area contributed by atoms with Gasteiger partial charge in [0.1, 0.15) is 28.8 Å². The van der Waals surface area contributed by atoms with Gasteiger partial charge in [-0.1, -0.05) is 17.8 Å². The predicted molar refractivity (Wildman–Crippen MR) is 93.2 cm³/mol. The monoisotopic (exact) mass is 355 g/mol. The van der Waals surface area contributed by atoms with E-state index >= 15 is 0 Å². The van der Waals surface area contributed by atoms with Gasteiger partial charge in [-0.2, -0.15) is 10.5 Å². The quantitative estimate of drug-likeness (QED) is 0.815. The lowest BCUT2D eigenvalue weighted by atomic mass is 10.2. The molecule has 1 aromatic heterocycles. The zero-order valence-corrected chi connectivity index (χ0v) is 14.3. The zero-order valence-electron chi connectivity index (χ0n) is 13.5. The van der Waals surface area contributed by atoms with E-state index in [1.807, 2.05) is 12.1 Å². The average molecular weight is 355 g/mol. The van der Waals surface area contributed by atoms with Crippen LogP contribution in [-0.2, 0) is 4.79 Å². The second-order valence-corrected chi connectivity index (χ2v) is 6.54. The van der Waals surface area contributed by atoms with Crippen molar-refractivity contribution in [1.29, 1.82) is 10.5 Å². The number of amides is 1. The van der Waals surface area contributed by atoms with Crippen LogP contribution in [0.2, 0.25) is 0 Å². The lowest BCUT2D eigenvalue weighted by molar-refractivity contribution is -0.115. The Hall–Kier alpha value is -3.10. The highest BCUT2D eigenvalue weighted by Crippen LogP contribution is 2.28. The normalized spacial score (nSPS) is 11.2. The summed E-state index contributed by atoms with van der Waals surface area (Å²) < 4.78 is 13.5. The summed E-state index contributed by atoms with van der Waals surface area (Å²) in [7, 11) is 0. The lowest BCUT2D eigenvalue weighted by Gasteiger charge is -2.13. The van der Waals surface area contributed by atoms with Crippen LogP contribution in [0.1, 0.15) is 23.6 Å². The third kappa shape index (κ3) is 4.25. The Morgan fingerprint density at radius 3 is 2.60 bits per heavy atom. The number of benzene rings is 1. The molecule has 3 N–H and O–H groups in total. The third-order valence-electron chi connectivity index (χ3n) is 3.35. The number of nitrogens with zero attached hydrogens (tertiary/aromatic N) is 3. The smallest absolute Gasteiger partial charge is 0.237 e. The molecule has 1 amide bonds. The van der Waals surface area contributed by atoms with Crippen LogP contribution in [0.15, 0.2) is 29.3 Å². The molecule has 8 heteroatoms. The summed E-state index contributed by atoms with van der Waals surface area (Å²) in [6, 6.07) is 9.54. The number of aryl methyl sites for hydroxylation is 1. The number of pyridine rings is 1. The Balaban J connectivity index is 2.16. The number of carbonyl (C=O) groups is 1. The molecule has 1 atom stereocenters. The van der Waals surface area contributed by atoms with Crippen molar-refractivity contribution in [2.75, 3.05) is 11.1 Å². The summed E-state index contributed by atoms with van der Waals surface area (Å²) in [6.45, 7) is 3.26. The van der Waals surface area contributed by atoms with Gasteiger partial charge in [-0.05, 0) is 37.6 Å². The number of aromatic nitrogens is 1. The molecule has 0 aliphatic carbocycles. The fourth-order valence-electron chi connectivity index (χ4n) is 1.90. The number of thioether (sulfide) groups is 1. The topological polar surface area (TPSA) is 116 Å². The molecule has 0 fully saturated rings. The van der Waals surface area contributed by atoms with E-state index in [2.05, 4.69) is 10.3 Å². The molecule has 0 radical (unpaired) electrons. The first-order valence-electron chi connectivity index (χ1n) is 7.20. The number of rotatable bonds is 4. The van der Waals surface area contributed by atoms with Gasteiger partial charge in [-0.15, -0.1) is 0 Å². The number of anilines is 2. The first-order chi connectivity index (χ1) is 11.8. The van der Waals surface area contributed by atoms with Crippen molar-refractivity contribution in [3.63, 3.8) is 0 Å². The number of nitrogens with one attached hydrogen (secondary N) is 1. The molecule has 0 spiro atoms. The first kappa shape index (κ1) is 18.2. The summed E-state index contributed by atoms with van der Waals surface area (Å²) in [6.07, 6.45) is 0. The minimum absolute atomic E-state index is 0.00258. The molecular weight excluding hydrogens is 341 g/mol. The van der Waals surface area contributed by atoms with Crippen LogP contribution in [0, 0.1) is 35.4 Å². The second kappa shape index (κ2) is 7.65. The number of hydrogen-bond donors (Lipinski definition) is 2. The number of hydrogen-bond acceptors (Lipinski definition) is 6.